The number of aryl methyl sites for hydroxylation is 2. The number of imidazole rings is 1. The van der Waals surface area contributed by atoms with E-state index in [1.54, 1.807) is 39.8 Å². The molecule has 0 fully saturated rings. The topological polar surface area (TPSA) is 128 Å². The van der Waals surface area contributed by atoms with Gasteiger partial charge in [-0.15, -0.1) is 0 Å². The molecule has 0 bridgehead atoms. The van der Waals surface area contributed by atoms with Crippen LogP contribution in [0.3, 0.4) is 0 Å². The standard InChI is InChI=1S/C21H28N6O5S/c1-7-26(8-2)33(31,32)16-11-15(10-9-13(16)3)23-19(28)14(4)27-12-22-18-17(27)20(29)25(6)21(30)24(18)5/h9-12,14H,7-8H2,1-6H3,(H,23,28)/t14-/m1/s1. The highest BCUT2D eigenvalue weighted by Crippen LogP contribution is 2.24. The molecule has 33 heavy (non-hydrogen) atoms. The van der Waals surface area contributed by atoms with Crippen LogP contribution in [0.2, 0.25) is 0 Å². The molecule has 0 aliphatic rings. The van der Waals surface area contributed by atoms with E-state index in [-0.39, 0.29) is 16.1 Å². The normalized spacial score (nSPS) is 12.9. The molecule has 12 heteroatoms. The number of sulfonamides is 1. The Bertz CT molecular complexity index is 1450. The van der Waals surface area contributed by atoms with Crippen molar-refractivity contribution in [2.45, 2.75) is 38.6 Å². The summed E-state index contributed by atoms with van der Waals surface area (Å²) in [4.78, 5) is 42.1. The van der Waals surface area contributed by atoms with E-state index in [4.69, 9.17) is 0 Å². The lowest BCUT2D eigenvalue weighted by Crippen LogP contribution is -2.38. The van der Waals surface area contributed by atoms with Gasteiger partial charge in [0.15, 0.2) is 11.2 Å². The van der Waals surface area contributed by atoms with Gasteiger partial charge in [-0.25, -0.2) is 18.2 Å². The summed E-state index contributed by atoms with van der Waals surface area (Å²) < 4.78 is 30.9. The second-order valence-electron chi connectivity index (χ2n) is 7.76. The van der Waals surface area contributed by atoms with Crippen molar-refractivity contribution in [3.8, 4) is 0 Å². The number of benzene rings is 1. The van der Waals surface area contributed by atoms with Crippen molar-refractivity contribution < 1.29 is 13.2 Å². The van der Waals surface area contributed by atoms with Crippen LogP contribution in [0.1, 0.15) is 32.4 Å². The highest BCUT2D eigenvalue weighted by molar-refractivity contribution is 7.89. The first-order chi connectivity index (χ1) is 15.4. The molecule has 3 rings (SSSR count). The van der Waals surface area contributed by atoms with Gasteiger partial charge in [0.25, 0.3) is 5.56 Å². The predicted molar refractivity (Wildman–Crippen MR) is 125 cm³/mol. The van der Waals surface area contributed by atoms with E-state index in [2.05, 4.69) is 10.3 Å². The smallest absolute Gasteiger partial charge is 0.324 e. The molecule has 178 valence electrons. The molecule has 3 aromatic rings. The van der Waals surface area contributed by atoms with Gasteiger partial charge >= 0.3 is 5.69 Å². The summed E-state index contributed by atoms with van der Waals surface area (Å²) >= 11 is 0. The van der Waals surface area contributed by atoms with E-state index >= 15 is 0 Å². The molecule has 0 aliphatic heterocycles. The second kappa shape index (κ2) is 8.94. The van der Waals surface area contributed by atoms with Crippen LogP contribution in [0.4, 0.5) is 5.69 Å². The second-order valence-corrected chi connectivity index (χ2v) is 9.67. The molecule has 0 saturated heterocycles. The fourth-order valence-electron chi connectivity index (χ4n) is 3.69. The first-order valence-electron chi connectivity index (χ1n) is 10.5. The van der Waals surface area contributed by atoms with Crippen molar-refractivity contribution in [3.05, 3.63) is 50.9 Å². The van der Waals surface area contributed by atoms with Crippen molar-refractivity contribution in [2.75, 3.05) is 18.4 Å². The first-order valence-corrected chi connectivity index (χ1v) is 11.9. The number of nitrogens with zero attached hydrogens (tertiary/aromatic N) is 5. The van der Waals surface area contributed by atoms with Gasteiger partial charge in [-0.3, -0.25) is 18.7 Å². The van der Waals surface area contributed by atoms with Crippen LogP contribution in [0, 0.1) is 6.92 Å². The Kier molecular flexibility index (Phi) is 6.61. The highest BCUT2D eigenvalue weighted by atomic mass is 32.2. The van der Waals surface area contributed by atoms with Crippen LogP contribution in [-0.4, -0.2) is 50.4 Å². The minimum Gasteiger partial charge on any atom is -0.324 e. The molecular formula is C21H28N6O5S. The Labute approximate surface area is 191 Å². The molecular weight excluding hydrogens is 448 g/mol. The van der Waals surface area contributed by atoms with E-state index in [0.717, 1.165) is 4.57 Å². The van der Waals surface area contributed by atoms with Crippen molar-refractivity contribution in [1.29, 1.82) is 0 Å². The molecule has 1 amide bonds. The van der Waals surface area contributed by atoms with Gasteiger partial charge in [0.2, 0.25) is 15.9 Å². The summed E-state index contributed by atoms with van der Waals surface area (Å²) in [6.07, 6.45) is 1.33. The maximum absolute atomic E-state index is 13.0. The Morgan fingerprint density at radius 3 is 2.39 bits per heavy atom. The third kappa shape index (κ3) is 4.11. The molecule has 1 N–H and O–H groups in total. The van der Waals surface area contributed by atoms with Crippen LogP contribution in [0.15, 0.2) is 39.0 Å². The molecule has 11 nitrogen and oxygen atoms in total. The van der Waals surface area contributed by atoms with Crippen molar-refractivity contribution in [1.82, 2.24) is 23.0 Å². The van der Waals surface area contributed by atoms with E-state index in [0.29, 0.717) is 24.3 Å². The average Bonchev–Trinajstić information content (AvgIpc) is 3.22. The fourth-order valence-corrected chi connectivity index (χ4v) is 5.40. The van der Waals surface area contributed by atoms with Crippen molar-refractivity contribution in [2.24, 2.45) is 14.1 Å². The third-order valence-electron chi connectivity index (χ3n) is 5.75. The zero-order valence-corrected chi connectivity index (χ0v) is 20.3. The SMILES string of the molecule is CCN(CC)S(=O)(=O)c1cc(NC(=O)[C@@H](C)n2cnc3c2c(=O)n(C)c(=O)n3C)ccc1C. The lowest BCUT2D eigenvalue weighted by Gasteiger charge is -2.21. The van der Waals surface area contributed by atoms with Gasteiger partial charge in [-0.1, -0.05) is 19.9 Å². The maximum atomic E-state index is 13.0. The molecule has 0 unspecified atom stereocenters. The summed E-state index contributed by atoms with van der Waals surface area (Å²) in [6.45, 7) is 7.47. The lowest BCUT2D eigenvalue weighted by atomic mass is 10.2. The van der Waals surface area contributed by atoms with Gasteiger partial charge in [-0.2, -0.15) is 4.31 Å². The van der Waals surface area contributed by atoms with Gasteiger partial charge in [0.1, 0.15) is 6.04 Å². The quantitative estimate of drug-likeness (QED) is 0.541. The van der Waals surface area contributed by atoms with Gasteiger partial charge in [0, 0.05) is 32.9 Å². The molecule has 0 aliphatic carbocycles. The number of rotatable bonds is 7. The molecule has 1 aromatic carbocycles. The molecule has 1 atom stereocenters. The minimum absolute atomic E-state index is 0.119. The number of carbonyl (C=O) groups is 1. The molecule has 2 aromatic heterocycles. The first kappa shape index (κ1) is 24.4. The van der Waals surface area contributed by atoms with Crippen LogP contribution in [-0.2, 0) is 28.9 Å². The number of amides is 1. The highest BCUT2D eigenvalue weighted by Gasteiger charge is 2.25. The van der Waals surface area contributed by atoms with Crippen molar-refractivity contribution in [3.63, 3.8) is 0 Å². The van der Waals surface area contributed by atoms with E-state index in [1.807, 2.05) is 0 Å². The van der Waals surface area contributed by atoms with Gasteiger partial charge in [-0.05, 0) is 31.5 Å². The number of hydrogen-bond acceptors (Lipinski definition) is 6. The van der Waals surface area contributed by atoms with Crippen LogP contribution >= 0.6 is 0 Å². The monoisotopic (exact) mass is 476 g/mol. The van der Waals surface area contributed by atoms with E-state index in [1.165, 1.54) is 39.9 Å². The molecule has 0 saturated carbocycles. The lowest BCUT2D eigenvalue weighted by molar-refractivity contribution is -0.118. The summed E-state index contributed by atoms with van der Waals surface area (Å²) in [7, 11) is -0.857. The number of hydrogen-bond donors (Lipinski definition) is 1. The number of carbonyl (C=O) groups excluding carboxylic acids is 1. The summed E-state index contributed by atoms with van der Waals surface area (Å²) in [5.41, 5.74) is 0.0946. The Morgan fingerprint density at radius 2 is 1.79 bits per heavy atom. The Hall–Kier alpha value is -3.25. The van der Waals surface area contributed by atoms with Crippen LogP contribution < -0.4 is 16.6 Å². The Morgan fingerprint density at radius 1 is 1.15 bits per heavy atom. The molecule has 0 spiro atoms. The van der Waals surface area contributed by atoms with Gasteiger partial charge in [0.05, 0.1) is 11.2 Å². The largest absolute Gasteiger partial charge is 0.332 e. The minimum atomic E-state index is -3.71. The summed E-state index contributed by atoms with van der Waals surface area (Å²) in [6, 6.07) is 3.83. The third-order valence-corrected chi connectivity index (χ3v) is 7.94. The number of aromatic nitrogens is 4. The maximum Gasteiger partial charge on any atom is 0.332 e. The van der Waals surface area contributed by atoms with Crippen LogP contribution in [0.25, 0.3) is 11.2 Å². The fraction of sp³-hybridized carbons (Fsp3) is 0.429. The summed E-state index contributed by atoms with van der Waals surface area (Å²) in [5.74, 6) is -0.472. The van der Waals surface area contributed by atoms with E-state index in [9.17, 15) is 22.8 Å². The predicted octanol–water partition coefficient (Wildman–Crippen LogP) is 0.972. The number of fused-ring (bicyclic) bond motifs is 1. The average molecular weight is 477 g/mol. The summed E-state index contributed by atoms with van der Waals surface area (Å²) in [5, 5.41) is 2.72. The number of anilines is 1. The van der Waals surface area contributed by atoms with Crippen LogP contribution in [0.5, 0.6) is 0 Å². The van der Waals surface area contributed by atoms with Gasteiger partial charge < -0.3 is 9.88 Å². The molecule has 0 radical (unpaired) electrons. The zero-order chi connectivity index (χ0) is 24.7. The van der Waals surface area contributed by atoms with E-state index < -0.39 is 33.2 Å². The Balaban J connectivity index is 1.98. The van der Waals surface area contributed by atoms with Crippen molar-refractivity contribution >= 4 is 32.8 Å². The number of nitrogens with one attached hydrogen (secondary N) is 1. The molecule has 2 heterocycles. The zero-order valence-electron chi connectivity index (χ0n) is 19.5.